The SMILES string of the molecule is CC(C)C(C)N(C)c1cc(Br)c(F)cc1N. The number of anilines is 2. The number of nitrogen functional groups attached to an aromatic ring is 1. The quantitative estimate of drug-likeness (QED) is 0.861. The Hall–Kier alpha value is -0.770. The van der Waals surface area contributed by atoms with Crippen LogP contribution in [0.2, 0.25) is 0 Å². The molecule has 2 nitrogen and oxygen atoms in total. The Bertz CT molecular complexity index is 380. The molecule has 0 aliphatic rings. The lowest BCUT2D eigenvalue weighted by atomic mass is 10.0. The summed E-state index contributed by atoms with van der Waals surface area (Å²) in [5, 5.41) is 0. The first-order valence-electron chi connectivity index (χ1n) is 5.32. The molecule has 0 fully saturated rings. The number of rotatable bonds is 3. The molecule has 0 spiro atoms. The highest BCUT2D eigenvalue weighted by Gasteiger charge is 2.17. The Labute approximate surface area is 105 Å². The molecule has 1 rings (SSSR count). The fourth-order valence-electron chi connectivity index (χ4n) is 1.52. The van der Waals surface area contributed by atoms with Gasteiger partial charge in [-0.05, 0) is 34.8 Å². The van der Waals surface area contributed by atoms with Crippen LogP contribution < -0.4 is 10.6 Å². The highest BCUT2D eigenvalue weighted by molar-refractivity contribution is 9.10. The van der Waals surface area contributed by atoms with E-state index in [9.17, 15) is 4.39 Å². The third kappa shape index (κ3) is 2.67. The average molecular weight is 289 g/mol. The number of benzene rings is 1. The van der Waals surface area contributed by atoms with E-state index in [1.54, 1.807) is 6.07 Å². The van der Waals surface area contributed by atoms with Crippen molar-refractivity contribution >= 4 is 27.3 Å². The maximum absolute atomic E-state index is 13.2. The molecule has 2 N–H and O–H groups in total. The van der Waals surface area contributed by atoms with Gasteiger partial charge in [0.05, 0.1) is 15.8 Å². The molecular weight excluding hydrogens is 271 g/mol. The molecule has 0 bridgehead atoms. The van der Waals surface area contributed by atoms with Crippen molar-refractivity contribution in [3.8, 4) is 0 Å². The highest BCUT2D eigenvalue weighted by atomic mass is 79.9. The van der Waals surface area contributed by atoms with Gasteiger partial charge < -0.3 is 10.6 Å². The van der Waals surface area contributed by atoms with Gasteiger partial charge in [0.1, 0.15) is 5.82 Å². The van der Waals surface area contributed by atoms with Gasteiger partial charge in [-0.3, -0.25) is 0 Å². The lowest BCUT2D eigenvalue weighted by Crippen LogP contribution is -2.33. The number of hydrogen-bond acceptors (Lipinski definition) is 2. The fourth-order valence-corrected chi connectivity index (χ4v) is 1.86. The van der Waals surface area contributed by atoms with Gasteiger partial charge in [-0.15, -0.1) is 0 Å². The van der Waals surface area contributed by atoms with Crippen LogP contribution in [-0.4, -0.2) is 13.1 Å². The van der Waals surface area contributed by atoms with Crippen LogP contribution in [0, 0.1) is 11.7 Å². The molecule has 16 heavy (non-hydrogen) atoms. The molecule has 1 aromatic rings. The first-order valence-corrected chi connectivity index (χ1v) is 6.11. The summed E-state index contributed by atoms with van der Waals surface area (Å²) >= 11 is 3.18. The zero-order valence-electron chi connectivity index (χ0n) is 10.1. The van der Waals surface area contributed by atoms with Crippen LogP contribution in [0.3, 0.4) is 0 Å². The first-order chi connectivity index (χ1) is 7.34. The Morgan fingerprint density at radius 1 is 1.31 bits per heavy atom. The molecule has 0 aliphatic heterocycles. The zero-order chi connectivity index (χ0) is 12.5. The van der Waals surface area contributed by atoms with Crippen LogP contribution in [0.1, 0.15) is 20.8 Å². The van der Waals surface area contributed by atoms with Crippen molar-refractivity contribution in [2.24, 2.45) is 5.92 Å². The van der Waals surface area contributed by atoms with Crippen molar-refractivity contribution in [2.45, 2.75) is 26.8 Å². The van der Waals surface area contributed by atoms with Crippen molar-refractivity contribution in [1.29, 1.82) is 0 Å². The minimum Gasteiger partial charge on any atom is -0.397 e. The molecule has 1 unspecified atom stereocenters. The van der Waals surface area contributed by atoms with Gasteiger partial charge in [0.2, 0.25) is 0 Å². The van der Waals surface area contributed by atoms with E-state index in [-0.39, 0.29) is 5.82 Å². The second kappa shape index (κ2) is 5.04. The Morgan fingerprint density at radius 2 is 1.88 bits per heavy atom. The van der Waals surface area contributed by atoms with Crippen molar-refractivity contribution in [3.05, 3.63) is 22.4 Å². The zero-order valence-corrected chi connectivity index (χ0v) is 11.7. The molecular formula is C12H18BrFN2. The number of nitrogens with zero attached hydrogens (tertiary/aromatic N) is 1. The van der Waals surface area contributed by atoms with Crippen molar-refractivity contribution in [3.63, 3.8) is 0 Å². The van der Waals surface area contributed by atoms with E-state index >= 15 is 0 Å². The van der Waals surface area contributed by atoms with Gasteiger partial charge in [0.25, 0.3) is 0 Å². The topological polar surface area (TPSA) is 29.3 Å². The van der Waals surface area contributed by atoms with Crippen LogP contribution >= 0.6 is 15.9 Å². The van der Waals surface area contributed by atoms with Crippen LogP contribution in [0.15, 0.2) is 16.6 Å². The van der Waals surface area contributed by atoms with E-state index in [1.165, 1.54) is 6.07 Å². The summed E-state index contributed by atoms with van der Waals surface area (Å²) < 4.78 is 13.7. The third-order valence-electron chi connectivity index (χ3n) is 3.03. The molecule has 0 saturated heterocycles. The molecule has 0 heterocycles. The lowest BCUT2D eigenvalue weighted by Gasteiger charge is -2.31. The summed E-state index contributed by atoms with van der Waals surface area (Å²) in [4.78, 5) is 2.07. The van der Waals surface area contributed by atoms with Crippen LogP contribution in [0.4, 0.5) is 15.8 Å². The van der Waals surface area contributed by atoms with E-state index in [1.807, 2.05) is 7.05 Å². The lowest BCUT2D eigenvalue weighted by molar-refractivity contribution is 0.505. The van der Waals surface area contributed by atoms with Gasteiger partial charge in [-0.2, -0.15) is 0 Å². The second-order valence-electron chi connectivity index (χ2n) is 4.42. The molecule has 0 saturated carbocycles. The second-order valence-corrected chi connectivity index (χ2v) is 5.27. The molecule has 1 atom stereocenters. The Morgan fingerprint density at radius 3 is 2.38 bits per heavy atom. The highest BCUT2D eigenvalue weighted by Crippen LogP contribution is 2.31. The first kappa shape index (κ1) is 13.3. The molecule has 4 heteroatoms. The van der Waals surface area contributed by atoms with Crippen molar-refractivity contribution < 1.29 is 4.39 Å². The van der Waals surface area contributed by atoms with Crippen molar-refractivity contribution in [2.75, 3.05) is 17.7 Å². The summed E-state index contributed by atoms with van der Waals surface area (Å²) in [6.45, 7) is 6.42. The van der Waals surface area contributed by atoms with Crippen LogP contribution in [0.5, 0.6) is 0 Å². The van der Waals surface area contributed by atoms with Gasteiger partial charge in [-0.1, -0.05) is 13.8 Å². The van der Waals surface area contributed by atoms with Gasteiger partial charge in [-0.25, -0.2) is 4.39 Å². The summed E-state index contributed by atoms with van der Waals surface area (Å²) in [7, 11) is 1.97. The van der Waals surface area contributed by atoms with Crippen molar-refractivity contribution in [1.82, 2.24) is 0 Å². The maximum atomic E-state index is 13.2. The van der Waals surface area contributed by atoms with Crippen LogP contribution in [0.25, 0.3) is 0 Å². The number of nitrogens with two attached hydrogens (primary N) is 1. The minimum absolute atomic E-state index is 0.327. The van der Waals surface area contributed by atoms with E-state index in [4.69, 9.17) is 5.73 Å². The molecule has 1 aromatic carbocycles. The Kier molecular flexibility index (Phi) is 4.19. The van der Waals surface area contributed by atoms with E-state index in [2.05, 4.69) is 41.6 Å². The van der Waals surface area contributed by atoms with Gasteiger partial charge in [0, 0.05) is 19.2 Å². The normalized spacial score (nSPS) is 12.9. The predicted octanol–water partition coefficient (Wildman–Crippen LogP) is 3.65. The fraction of sp³-hybridized carbons (Fsp3) is 0.500. The smallest absolute Gasteiger partial charge is 0.139 e. The Balaban J connectivity index is 3.08. The van der Waals surface area contributed by atoms with E-state index in [0.717, 1.165) is 5.69 Å². The molecule has 0 aromatic heterocycles. The van der Waals surface area contributed by atoms with Crippen LogP contribution in [-0.2, 0) is 0 Å². The van der Waals surface area contributed by atoms with Gasteiger partial charge in [0.15, 0.2) is 0 Å². The molecule has 0 radical (unpaired) electrons. The van der Waals surface area contributed by atoms with E-state index < -0.39 is 0 Å². The summed E-state index contributed by atoms with van der Waals surface area (Å²) in [5.74, 6) is 0.181. The largest absolute Gasteiger partial charge is 0.397 e. The average Bonchev–Trinajstić information content (AvgIpc) is 2.21. The molecule has 0 amide bonds. The summed E-state index contributed by atoms with van der Waals surface area (Å²) in [5.41, 5.74) is 7.15. The third-order valence-corrected chi connectivity index (χ3v) is 3.63. The standard InChI is InChI=1S/C12H18BrFN2/c1-7(2)8(3)16(4)12-5-9(13)10(14)6-11(12)15/h5-8H,15H2,1-4H3. The maximum Gasteiger partial charge on any atom is 0.139 e. The summed E-state index contributed by atoms with van der Waals surface area (Å²) in [6.07, 6.45) is 0. The monoisotopic (exact) mass is 288 g/mol. The predicted molar refractivity (Wildman–Crippen MR) is 71.2 cm³/mol. The van der Waals surface area contributed by atoms with E-state index in [0.29, 0.717) is 22.1 Å². The molecule has 0 aliphatic carbocycles. The summed E-state index contributed by atoms with van der Waals surface area (Å²) in [6, 6.07) is 3.42. The molecule has 90 valence electrons. The van der Waals surface area contributed by atoms with Gasteiger partial charge >= 0.3 is 0 Å². The minimum atomic E-state index is -0.327. The number of halogens is 2. The number of hydrogen-bond donors (Lipinski definition) is 1.